The number of Topliss-reactive ketones (excluding diaryl/α,β-unsaturated/α-hetero) is 1. The number of hydrogen-bond donors (Lipinski definition) is 0. The molecule has 1 heterocycles. The lowest BCUT2D eigenvalue weighted by Crippen LogP contribution is -2.32. The van der Waals surface area contributed by atoms with E-state index in [4.69, 9.17) is 4.74 Å². The van der Waals surface area contributed by atoms with Crippen molar-refractivity contribution >= 4 is 23.5 Å². The second kappa shape index (κ2) is 7.82. The molecule has 128 valence electrons. The fourth-order valence-corrected chi connectivity index (χ4v) is 3.21. The Labute approximate surface area is 139 Å². The molecule has 22 heavy (non-hydrogen) atoms. The van der Waals surface area contributed by atoms with E-state index in [0.717, 1.165) is 12.2 Å². The Bertz CT molecular complexity index is 396. The molecule has 0 aromatic rings. The van der Waals surface area contributed by atoms with Gasteiger partial charge in [-0.15, -0.1) is 11.8 Å². The lowest BCUT2D eigenvalue weighted by atomic mass is 9.93. The highest BCUT2D eigenvalue weighted by molar-refractivity contribution is 8.01. The van der Waals surface area contributed by atoms with Crippen LogP contribution in [0.3, 0.4) is 0 Å². The summed E-state index contributed by atoms with van der Waals surface area (Å²) in [7, 11) is 0. The monoisotopic (exact) mass is 329 g/mol. The Kier molecular flexibility index (Phi) is 6.93. The third-order valence-corrected chi connectivity index (χ3v) is 5.19. The van der Waals surface area contributed by atoms with Gasteiger partial charge in [-0.25, -0.2) is 0 Å². The van der Waals surface area contributed by atoms with Gasteiger partial charge in [0.25, 0.3) is 0 Å². The Balaban J connectivity index is 2.32. The smallest absolute Gasteiger partial charge is 0.243 e. The molecular formula is C17H31NO3S. The van der Waals surface area contributed by atoms with Crippen LogP contribution in [0.5, 0.6) is 0 Å². The first-order chi connectivity index (χ1) is 9.99. The summed E-state index contributed by atoms with van der Waals surface area (Å²) in [4.78, 5) is 25.9. The van der Waals surface area contributed by atoms with Gasteiger partial charge in [0.2, 0.25) is 5.91 Å². The highest BCUT2D eigenvalue weighted by Crippen LogP contribution is 2.28. The van der Waals surface area contributed by atoms with Gasteiger partial charge in [-0.3, -0.25) is 9.59 Å². The van der Waals surface area contributed by atoms with Crippen molar-refractivity contribution < 1.29 is 14.3 Å². The maximum atomic E-state index is 12.3. The van der Waals surface area contributed by atoms with E-state index in [1.165, 1.54) is 11.8 Å². The van der Waals surface area contributed by atoms with Gasteiger partial charge >= 0.3 is 0 Å². The van der Waals surface area contributed by atoms with Crippen LogP contribution in [-0.2, 0) is 14.3 Å². The number of carbonyl (C=O) groups is 2. The summed E-state index contributed by atoms with van der Waals surface area (Å²) in [5.41, 5.74) is 0.378. The summed E-state index contributed by atoms with van der Waals surface area (Å²) in [6.45, 7) is 14.8. The topological polar surface area (TPSA) is 46.6 Å². The van der Waals surface area contributed by atoms with Crippen LogP contribution in [0.25, 0.3) is 0 Å². The van der Waals surface area contributed by atoms with Gasteiger partial charge in [0.15, 0.2) is 5.78 Å². The highest BCUT2D eigenvalue weighted by Gasteiger charge is 2.39. The molecule has 0 bridgehead atoms. The first-order valence-corrected chi connectivity index (χ1v) is 9.05. The van der Waals surface area contributed by atoms with Gasteiger partial charge in [0, 0.05) is 13.2 Å². The standard InChI is InChI=1S/C17H31NO3S/c1-16(2,3)7-9-21-10-8-18-11-13(19)14(15(18)20)22-12-17(4,5)6/h14H,7-12H2,1-6H3. The molecule has 0 aromatic heterocycles. The third-order valence-electron chi connectivity index (χ3n) is 3.36. The zero-order valence-corrected chi connectivity index (χ0v) is 15.7. The van der Waals surface area contributed by atoms with Crippen molar-refractivity contribution in [3.63, 3.8) is 0 Å². The molecule has 0 aromatic carbocycles. The summed E-state index contributed by atoms with van der Waals surface area (Å²) in [6, 6.07) is 0. The number of nitrogens with zero attached hydrogens (tertiary/aromatic N) is 1. The minimum absolute atomic E-state index is 0.0361. The fourth-order valence-electron chi connectivity index (χ4n) is 1.99. The SMILES string of the molecule is CC(C)(C)CCOCCN1CC(=O)C(SCC(C)(C)C)C1=O. The molecule has 1 unspecified atom stereocenters. The Morgan fingerprint density at radius 2 is 1.73 bits per heavy atom. The Morgan fingerprint density at radius 3 is 2.27 bits per heavy atom. The molecule has 1 amide bonds. The maximum Gasteiger partial charge on any atom is 0.243 e. The minimum Gasteiger partial charge on any atom is -0.380 e. The van der Waals surface area contributed by atoms with Crippen molar-refractivity contribution in [2.24, 2.45) is 10.8 Å². The maximum absolute atomic E-state index is 12.3. The summed E-state index contributed by atoms with van der Waals surface area (Å²) in [5.74, 6) is 0.804. The lowest BCUT2D eigenvalue weighted by Gasteiger charge is -2.20. The van der Waals surface area contributed by atoms with E-state index in [1.807, 2.05) is 0 Å². The van der Waals surface area contributed by atoms with E-state index in [1.54, 1.807) is 4.90 Å². The summed E-state index contributed by atoms with van der Waals surface area (Å²) < 4.78 is 5.59. The van der Waals surface area contributed by atoms with Crippen LogP contribution in [0.2, 0.25) is 0 Å². The predicted molar refractivity (Wildman–Crippen MR) is 92.2 cm³/mol. The molecule has 1 saturated heterocycles. The third kappa shape index (κ3) is 7.14. The van der Waals surface area contributed by atoms with Crippen molar-refractivity contribution in [3.8, 4) is 0 Å². The van der Waals surface area contributed by atoms with E-state index >= 15 is 0 Å². The number of ether oxygens (including phenoxy) is 1. The van der Waals surface area contributed by atoms with Crippen LogP contribution >= 0.6 is 11.8 Å². The van der Waals surface area contributed by atoms with Gasteiger partial charge < -0.3 is 9.64 Å². The molecule has 1 aliphatic rings. The van der Waals surface area contributed by atoms with Crippen LogP contribution in [0, 0.1) is 10.8 Å². The molecule has 1 aliphatic heterocycles. The number of amides is 1. The minimum atomic E-state index is -0.506. The molecule has 0 saturated carbocycles. The first kappa shape index (κ1) is 19.5. The van der Waals surface area contributed by atoms with E-state index in [-0.39, 0.29) is 29.1 Å². The predicted octanol–water partition coefficient (Wildman–Crippen LogP) is 3.00. The van der Waals surface area contributed by atoms with Crippen molar-refractivity contribution in [3.05, 3.63) is 0 Å². The fraction of sp³-hybridized carbons (Fsp3) is 0.882. The normalized spacial score (nSPS) is 20.1. The van der Waals surface area contributed by atoms with Crippen molar-refractivity contribution in [2.75, 3.05) is 32.1 Å². The van der Waals surface area contributed by atoms with Gasteiger partial charge in [-0.1, -0.05) is 41.5 Å². The molecular weight excluding hydrogens is 298 g/mol. The van der Waals surface area contributed by atoms with Crippen LogP contribution in [0.4, 0.5) is 0 Å². The molecule has 0 radical (unpaired) electrons. The Morgan fingerprint density at radius 1 is 1.09 bits per heavy atom. The zero-order chi connectivity index (χ0) is 17.0. The summed E-state index contributed by atoms with van der Waals surface area (Å²) in [5, 5.41) is -0.506. The Hall–Kier alpha value is -0.550. The second-order valence-electron chi connectivity index (χ2n) is 8.40. The number of likely N-dealkylation sites (tertiary alicyclic amines) is 1. The molecule has 0 aliphatic carbocycles. The lowest BCUT2D eigenvalue weighted by molar-refractivity contribution is -0.128. The van der Waals surface area contributed by atoms with Crippen molar-refractivity contribution in [1.82, 2.24) is 4.90 Å². The number of rotatable bonds is 7. The molecule has 0 N–H and O–H groups in total. The van der Waals surface area contributed by atoms with Crippen molar-refractivity contribution in [1.29, 1.82) is 0 Å². The quantitative estimate of drug-likeness (QED) is 0.532. The second-order valence-corrected chi connectivity index (χ2v) is 9.49. The number of carbonyl (C=O) groups excluding carboxylic acids is 2. The van der Waals surface area contributed by atoms with Gasteiger partial charge in [0.1, 0.15) is 5.25 Å². The highest BCUT2D eigenvalue weighted by atomic mass is 32.2. The summed E-state index contributed by atoms with van der Waals surface area (Å²) >= 11 is 1.48. The molecule has 1 fully saturated rings. The number of ketones is 1. The van der Waals surface area contributed by atoms with Crippen LogP contribution in [-0.4, -0.2) is 53.9 Å². The summed E-state index contributed by atoms with van der Waals surface area (Å²) in [6.07, 6.45) is 0.990. The van der Waals surface area contributed by atoms with Gasteiger partial charge in [-0.2, -0.15) is 0 Å². The van der Waals surface area contributed by atoms with Crippen LogP contribution in [0.15, 0.2) is 0 Å². The number of thioether (sulfide) groups is 1. The average molecular weight is 330 g/mol. The molecule has 0 spiro atoms. The van der Waals surface area contributed by atoms with E-state index in [0.29, 0.717) is 19.8 Å². The van der Waals surface area contributed by atoms with Gasteiger partial charge in [0.05, 0.1) is 13.2 Å². The molecule has 5 heteroatoms. The molecule has 4 nitrogen and oxygen atoms in total. The van der Waals surface area contributed by atoms with Crippen LogP contribution < -0.4 is 0 Å². The van der Waals surface area contributed by atoms with E-state index in [2.05, 4.69) is 41.5 Å². The van der Waals surface area contributed by atoms with E-state index < -0.39 is 5.25 Å². The molecule has 1 atom stereocenters. The van der Waals surface area contributed by atoms with Crippen molar-refractivity contribution in [2.45, 2.75) is 53.2 Å². The molecule has 1 rings (SSSR count). The largest absolute Gasteiger partial charge is 0.380 e. The zero-order valence-electron chi connectivity index (χ0n) is 14.9. The van der Waals surface area contributed by atoms with Gasteiger partial charge in [-0.05, 0) is 23.0 Å². The van der Waals surface area contributed by atoms with E-state index in [9.17, 15) is 9.59 Å². The van der Waals surface area contributed by atoms with Crippen LogP contribution in [0.1, 0.15) is 48.0 Å². The first-order valence-electron chi connectivity index (χ1n) is 8.00. The average Bonchev–Trinajstić information content (AvgIpc) is 2.59. The number of hydrogen-bond acceptors (Lipinski definition) is 4.